The number of carbonyl (C=O) groups is 1. The summed E-state index contributed by atoms with van der Waals surface area (Å²) in [6.07, 6.45) is 2.29. The molecule has 5 nitrogen and oxygen atoms in total. The molecule has 0 unspecified atom stereocenters. The van der Waals surface area contributed by atoms with Gasteiger partial charge in [-0.05, 0) is 6.42 Å². The van der Waals surface area contributed by atoms with Crippen molar-refractivity contribution >= 4 is 11.9 Å². The Morgan fingerprint density at radius 1 is 1.12 bits per heavy atom. The van der Waals surface area contributed by atoms with E-state index in [1.165, 1.54) is 0 Å². The molecule has 0 bridgehead atoms. The second-order valence-electron chi connectivity index (χ2n) is 4.23. The summed E-state index contributed by atoms with van der Waals surface area (Å²) in [5.74, 6) is 0.912. The maximum absolute atomic E-state index is 11.3. The number of hydrogen-bond acceptors (Lipinski definition) is 2. The van der Waals surface area contributed by atoms with E-state index in [-0.39, 0.29) is 11.8 Å². The van der Waals surface area contributed by atoms with E-state index in [0.29, 0.717) is 13.1 Å². The van der Waals surface area contributed by atoms with Gasteiger partial charge in [0.05, 0.1) is 0 Å². The van der Waals surface area contributed by atoms with Crippen molar-refractivity contribution in [2.75, 3.05) is 26.7 Å². The zero-order valence-electron chi connectivity index (χ0n) is 11.5. The predicted molar refractivity (Wildman–Crippen MR) is 72.1 cm³/mol. The SMILES string of the molecule is CCCCNC(=NC)NCCNC(=O)C(C)C. The summed E-state index contributed by atoms with van der Waals surface area (Å²) >= 11 is 0. The first-order valence-corrected chi connectivity index (χ1v) is 6.34. The average molecular weight is 242 g/mol. The van der Waals surface area contributed by atoms with Crippen molar-refractivity contribution in [2.45, 2.75) is 33.6 Å². The zero-order valence-corrected chi connectivity index (χ0v) is 11.5. The molecule has 3 N–H and O–H groups in total. The van der Waals surface area contributed by atoms with Gasteiger partial charge in [0.1, 0.15) is 0 Å². The lowest BCUT2D eigenvalue weighted by Gasteiger charge is -2.12. The Labute approximate surface area is 104 Å². The maximum atomic E-state index is 11.3. The minimum Gasteiger partial charge on any atom is -0.356 e. The Morgan fingerprint density at radius 2 is 1.71 bits per heavy atom. The first-order chi connectivity index (χ1) is 8.11. The van der Waals surface area contributed by atoms with Gasteiger partial charge < -0.3 is 16.0 Å². The van der Waals surface area contributed by atoms with Crippen LogP contribution in [0.3, 0.4) is 0 Å². The molecule has 0 saturated heterocycles. The number of rotatable bonds is 7. The molecule has 0 saturated carbocycles. The van der Waals surface area contributed by atoms with Crippen molar-refractivity contribution in [3.8, 4) is 0 Å². The van der Waals surface area contributed by atoms with Gasteiger partial charge in [-0.3, -0.25) is 9.79 Å². The summed E-state index contributed by atoms with van der Waals surface area (Å²) in [6, 6.07) is 0. The topological polar surface area (TPSA) is 65.5 Å². The van der Waals surface area contributed by atoms with E-state index in [9.17, 15) is 4.79 Å². The van der Waals surface area contributed by atoms with E-state index in [2.05, 4.69) is 27.9 Å². The molecule has 17 heavy (non-hydrogen) atoms. The van der Waals surface area contributed by atoms with Crippen molar-refractivity contribution in [3.05, 3.63) is 0 Å². The first kappa shape index (κ1) is 15.7. The van der Waals surface area contributed by atoms with Gasteiger partial charge >= 0.3 is 0 Å². The van der Waals surface area contributed by atoms with Crippen LogP contribution < -0.4 is 16.0 Å². The van der Waals surface area contributed by atoms with Crippen LogP contribution in [-0.4, -0.2) is 38.5 Å². The van der Waals surface area contributed by atoms with Gasteiger partial charge in [0, 0.05) is 32.6 Å². The number of unbranched alkanes of at least 4 members (excludes halogenated alkanes) is 1. The van der Waals surface area contributed by atoms with Crippen molar-refractivity contribution in [2.24, 2.45) is 10.9 Å². The second-order valence-corrected chi connectivity index (χ2v) is 4.23. The van der Waals surface area contributed by atoms with E-state index >= 15 is 0 Å². The molecular weight excluding hydrogens is 216 g/mol. The number of carbonyl (C=O) groups excluding carboxylic acids is 1. The van der Waals surface area contributed by atoms with Gasteiger partial charge in [-0.2, -0.15) is 0 Å². The van der Waals surface area contributed by atoms with Crippen molar-refractivity contribution in [3.63, 3.8) is 0 Å². The highest BCUT2D eigenvalue weighted by Crippen LogP contribution is 1.88. The summed E-state index contributed by atoms with van der Waals surface area (Å²) in [5.41, 5.74) is 0. The fourth-order valence-corrected chi connectivity index (χ4v) is 1.17. The Hall–Kier alpha value is -1.26. The largest absolute Gasteiger partial charge is 0.356 e. The van der Waals surface area contributed by atoms with Crippen LogP contribution in [-0.2, 0) is 4.79 Å². The lowest BCUT2D eigenvalue weighted by molar-refractivity contribution is -0.123. The van der Waals surface area contributed by atoms with Gasteiger partial charge in [-0.1, -0.05) is 27.2 Å². The lowest BCUT2D eigenvalue weighted by atomic mass is 10.2. The van der Waals surface area contributed by atoms with E-state index in [0.717, 1.165) is 25.3 Å². The summed E-state index contributed by atoms with van der Waals surface area (Å²) < 4.78 is 0. The second kappa shape index (κ2) is 9.93. The van der Waals surface area contributed by atoms with Crippen molar-refractivity contribution < 1.29 is 4.79 Å². The molecule has 5 heteroatoms. The third-order valence-corrected chi connectivity index (χ3v) is 2.29. The minimum absolute atomic E-state index is 0.0389. The Bertz CT molecular complexity index is 239. The normalized spacial score (nSPS) is 11.5. The van der Waals surface area contributed by atoms with Gasteiger partial charge in [0.2, 0.25) is 5.91 Å². The van der Waals surface area contributed by atoms with Gasteiger partial charge in [0.15, 0.2) is 5.96 Å². The molecule has 1 amide bonds. The number of nitrogens with one attached hydrogen (secondary N) is 3. The molecule has 0 aromatic rings. The summed E-state index contributed by atoms with van der Waals surface area (Å²) in [7, 11) is 1.74. The monoisotopic (exact) mass is 242 g/mol. The van der Waals surface area contributed by atoms with Crippen LogP contribution in [0.5, 0.6) is 0 Å². The molecule has 0 spiro atoms. The van der Waals surface area contributed by atoms with Gasteiger partial charge in [0.25, 0.3) is 0 Å². The molecule has 0 rings (SSSR count). The van der Waals surface area contributed by atoms with Crippen LogP contribution in [0.4, 0.5) is 0 Å². The third kappa shape index (κ3) is 8.54. The highest BCUT2D eigenvalue weighted by Gasteiger charge is 2.04. The standard InChI is InChI=1S/C12H26N4O/c1-5-6-7-15-12(13-4)16-9-8-14-11(17)10(2)3/h10H,5-9H2,1-4H3,(H,14,17)(H2,13,15,16). The predicted octanol–water partition coefficient (Wildman–Crippen LogP) is 0.724. The molecular formula is C12H26N4O. The molecule has 0 aromatic carbocycles. The van der Waals surface area contributed by atoms with Crippen molar-refractivity contribution in [1.29, 1.82) is 0 Å². The molecule has 0 radical (unpaired) electrons. The smallest absolute Gasteiger partial charge is 0.222 e. The number of amides is 1. The number of hydrogen-bond donors (Lipinski definition) is 3. The number of aliphatic imine (C=N–C) groups is 1. The van der Waals surface area contributed by atoms with Crippen molar-refractivity contribution in [1.82, 2.24) is 16.0 Å². The van der Waals surface area contributed by atoms with Gasteiger partial charge in [-0.25, -0.2) is 0 Å². The molecule has 0 fully saturated rings. The maximum Gasteiger partial charge on any atom is 0.222 e. The lowest BCUT2D eigenvalue weighted by Crippen LogP contribution is -2.42. The number of nitrogens with zero attached hydrogens (tertiary/aromatic N) is 1. The van der Waals surface area contributed by atoms with Crippen LogP contribution >= 0.6 is 0 Å². The van der Waals surface area contributed by atoms with E-state index in [1.807, 2.05) is 13.8 Å². The molecule has 0 aliphatic carbocycles. The van der Waals surface area contributed by atoms with Gasteiger partial charge in [-0.15, -0.1) is 0 Å². The van der Waals surface area contributed by atoms with E-state index in [4.69, 9.17) is 0 Å². The summed E-state index contributed by atoms with van der Waals surface area (Å²) in [6.45, 7) is 8.14. The Morgan fingerprint density at radius 3 is 2.24 bits per heavy atom. The van der Waals surface area contributed by atoms with E-state index in [1.54, 1.807) is 7.05 Å². The highest BCUT2D eigenvalue weighted by atomic mass is 16.1. The molecule has 0 aliphatic rings. The molecule has 0 heterocycles. The van der Waals surface area contributed by atoms with Crippen LogP contribution in [0.2, 0.25) is 0 Å². The van der Waals surface area contributed by atoms with Crippen LogP contribution in [0.25, 0.3) is 0 Å². The third-order valence-electron chi connectivity index (χ3n) is 2.29. The van der Waals surface area contributed by atoms with E-state index < -0.39 is 0 Å². The molecule has 0 atom stereocenters. The Balaban J connectivity index is 3.60. The zero-order chi connectivity index (χ0) is 13.1. The quantitative estimate of drug-likeness (QED) is 0.350. The van der Waals surface area contributed by atoms with Crippen LogP contribution in [0.1, 0.15) is 33.6 Å². The molecule has 0 aliphatic heterocycles. The Kier molecular flexibility index (Phi) is 9.19. The molecule has 100 valence electrons. The summed E-state index contributed by atoms with van der Waals surface area (Å²) in [4.78, 5) is 15.4. The van der Waals surface area contributed by atoms with Crippen LogP contribution in [0.15, 0.2) is 4.99 Å². The number of guanidine groups is 1. The van der Waals surface area contributed by atoms with Crippen LogP contribution in [0, 0.1) is 5.92 Å². The molecule has 0 aromatic heterocycles. The average Bonchev–Trinajstić information content (AvgIpc) is 2.31. The highest BCUT2D eigenvalue weighted by molar-refractivity contribution is 5.80. The summed E-state index contributed by atoms with van der Waals surface area (Å²) in [5, 5.41) is 9.20. The fraction of sp³-hybridized carbons (Fsp3) is 0.833. The minimum atomic E-state index is 0.0389. The fourth-order valence-electron chi connectivity index (χ4n) is 1.17. The first-order valence-electron chi connectivity index (χ1n) is 6.34.